The molecule has 8 heteroatoms. The summed E-state index contributed by atoms with van der Waals surface area (Å²) in [6.07, 6.45) is -0.296. The number of rotatable bonds is 5. The molecule has 126 valence electrons. The third-order valence-corrected chi connectivity index (χ3v) is 4.41. The minimum Gasteiger partial charge on any atom is -0.486 e. The van der Waals surface area contributed by atoms with Crippen molar-refractivity contribution < 1.29 is 23.8 Å². The Balaban J connectivity index is 1.41. The minimum atomic E-state index is -0.576. The molecule has 1 aliphatic heterocycles. The van der Waals surface area contributed by atoms with E-state index in [1.165, 1.54) is 0 Å². The molecule has 6 nitrogen and oxygen atoms in total. The van der Waals surface area contributed by atoms with Crippen LogP contribution in [0.15, 0.2) is 36.4 Å². The number of hydrogen-bond donors (Lipinski definition) is 1. The summed E-state index contributed by atoms with van der Waals surface area (Å²) in [5, 5.41) is 2.65. The Hall–Kier alpha value is -2.25. The van der Waals surface area contributed by atoms with Gasteiger partial charge < -0.3 is 19.5 Å². The third kappa shape index (κ3) is 4.18. The zero-order valence-corrected chi connectivity index (χ0v) is 14.1. The van der Waals surface area contributed by atoms with Gasteiger partial charge in [0.2, 0.25) is 0 Å². The molecule has 2 aromatic rings. The second-order valence-corrected chi connectivity index (χ2v) is 6.70. The van der Waals surface area contributed by atoms with E-state index in [0.717, 1.165) is 11.3 Å². The molecule has 1 aromatic carbocycles. The van der Waals surface area contributed by atoms with Crippen LogP contribution in [-0.2, 0) is 9.53 Å². The molecule has 0 bridgehead atoms. The van der Waals surface area contributed by atoms with Gasteiger partial charge >= 0.3 is 5.97 Å². The van der Waals surface area contributed by atoms with E-state index in [4.69, 9.17) is 25.8 Å². The summed E-state index contributed by atoms with van der Waals surface area (Å²) in [6, 6.07) is 10.5. The summed E-state index contributed by atoms with van der Waals surface area (Å²) < 4.78 is 16.7. The number of carbonyl (C=O) groups is 2. The number of nitrogens with one attached hydrogen (secondary N) is 1. The number of benzene rings is 1. The Labute approximate surface area is 147 Å². The molecular formula is C16H14ClNO5S. The highest BCUT2D eigenvalue weighted by atomic mass is 35.5. The summed E-state index contributed by atoms with van der Waals surface area (Å²) in [4.78, 5) is 23.8. The Morgan fingerprint density at radius 1 is 1.25 bits per heavy atom. The molecule has 1 atom stereocenters. The maximum absolute atomic E-state index is 11.8. The molecule has 1 unspecified atom stereocenters. The Kier molecular flexibility index (Phi) is 5.22. The number of ether oxygens (including phenoxy) is 3. The monoisotopic (exact) mass is 367 g/mol. The van der Waals surface area contributed by atoms with E-state index in [0.29, 0.717) is 27.3 Å². The highest BCUT2D eigenvalue weighted by Crippen LogP contribution is 2.30. The van der Waals surface area contributed by atoms with Gasteiger partial charge in [-0.15, -0.1) is 11.3 Å². The van der Waals surface area contributed by atoms with E-state index in [2.05, 4.69) is 5.32 Å². The molecular weight excluding hydrogens is 354 g/mol. The summed E-state index contributed by atoms with van der Waals surface area (Å²) in [5.41, 5.74) is 0. The minimum absolute atomic E-state index is 0.259. The van der Waals surface area contributed by atoms with E-state index in [1.54, 1.807) is 18.2 Å². The van der Waals surface area contributed by atoms with Gasteiger partial charge in [0.05, 0.1) is 10.9 Å². The van der Waals surface area contributed by atoms with Gasteiger partial charge in [-0.25, -0.2) is 4.79 Å². The molecule has 1 amide bonds. The number of amides is 1. The van der Waals surface area contributed by atoms with E-state index in [-0.39, 0.29) is 19.3 Å². The topological polar surface area (TPSA) is 73.9 Å². The molecule has 0 spiro atoms. The van der Waals surface area contributed by atoms with Crippen LogP contribution in [0.5, 0.6) is 11.5 Å². The number of para-hydroxylation sites is 2. The smallest absolute Gasteiger partial charge is 0.348 e. The Morgan fingerprint density at radius 3 is 2.79 bits per heavy atom. The number of hydrogen-bond acceptors (Lipinski definition) is 6. The number of halogens is 1. The maximum atomic E-state index is 11.8. The average molecular weight is 368 g/mol. The van der Waals surface area contributed by atoms with Crippen molar-refractivity contribution in [2.75, 3.05) is 19.8 Å². The summed E-state index contributed by atoms with van der Waals surface area (Å²) >= 11 is 6.84. The van der Waals surface area contributed by atoms with Gasteiger partial charge in [-0.1, -0.05) is 23.7 Å². The summed E-state index contributed by atoms with van der Waals surface area (Å²) in [6.45, 7) is 0.235. The first-order valence-electron chi connectivity index (χ1n) is 7.19. The van der Waals surface area contributed by atoms with Crippen molar-refractivity contribution >= 4 is 34.8 Å². The summed E-state index contributed by atoms with van der Waals surface area (Å²) in [5.74, 6) is 0.342. The normalized spacial score (nSPS) is 15.6. The molecule has 1 aliphatic rings. The van der Waals surface area contributed by atoms with Crippen molar-refractivity contribution in [3.8, 4) is 11.5 Å². The fraction of sp³-hybridized carbons (Fsp3) is 0.250. The molecule has 1 N–H and O–H groups in total. The Morgan fingerprint density at radius 2 is 2.04 bits per heavy atom. The van der Waals surface area contributed by atoms with Crippen LogP contribution in [0.3, 0.4) is 0 Å². The SMILES string of the molecule is O=C(COC(=O)c1ccc(Cl)s1)NCC1COc2ccccc2O1. The van der Waals surface area contributed by atoms with E-state index < -0.39 is 11.9 Å². The molecule has 3 rings (SSSR count). The van der Waals surface area contributed by atoms with Crippen molar-refractivity contribution in [2.45, 2.75) is 6.10 Å². The molecule has 0 fully saturated rings. The zero-order valence-electron chi connectivity index (χ0n) is 12.5. The predicted molar refractivity (Wildman–Crippen MR) is 89.0 cm³/mol. The van der Waals surface area contributed by atoms with E-state index in [9.17, 15) is 9.59 Å². The molecule has 2 heterocycles. The lowest BCUT2D eigenvalue weighted by molar-refractivity contribution is -0.124. The standard InChI is InChI=1S/C16H14ClNO5S/c17-14-6-5-13(24-14)16(20)22-9-15(19)18-7-10-8-21-11-3-1-2-4-12(11)23-10/h1-6,10H,7-9H2,(H,18,19). The number of esters is 1. The first kappa shape index (κ1) is 16.6. The largest absolute Gasteiger partial charge is 0.486 e. The van der Waals surface area contributed by atoms with Gasteiger partial charge in [-0.05, 0) is 24.3 Å². The van der Waals surface area contributed by atoms with Crippen LogP contribution in [0.2, 0.25) is 4.34 Å². The van der Waals surface area contributed by atoms with Crippen molar-refractivity contribution in [1.82, 2.24) is 5.32 Å². The van der Waals surface area contributed by atoms with Crippen LogP contribution in [-0.4, -0.2) is 37.7 Å². The number of carbonyl (C=O) groups excluding carboxylic acids is 2. The summed E-state index contributed by atoms with van der Waals surface area (Å²) in [7, 11) is 0. The maximum Gasteiger partial charge on any atom is 0.348 e. The molecule has 24 heavy (non-hydrogen) atoms. The highest BCUT2D eigenvalue weighted by molar-refractivity contribution is 7.17. The van der Waals surface area contributed by atoms with Crippen molar-refractivity contribution in [2.24, 2.45) is 0 Å². The van der Waals surface area contributed by atoms with Crippen LogP contribution in [0.25, 0.3) is 0 Å². The lowest BCUT2D eigenvalue weighted by Crippen LogP contribution is -2.42. The molecule has 0 saturated heterocycles. The molecule has 1 aromatic heterocycles. The predicted octanol–water partition coefficient (Wildman–Crippen LogP) is 2.51. The first-order valence-corrected chi connectivity index (χ1v) is 8.39. The van der Waals surface area contributed by atoms with Gasteiger partial charge in [0.25, 0.3) is 5.91 Å². The second-order valence-electron chi connectivity index (χ2n) is 4.98. The van der Waals surface area contributed by atoms with Crippen LogP contribution in [0.1, 0.15) is 9.67 Å². The molecule has 0 aliphatic carbocycles. The quantitative estimate of drug-likeness (QED) is 0.822. The van der Waals surface area contributed by atoms with Gasteiger partial charge in [0.15, 0.2) is 18.1 Å². The first-order chi connectivity index (χ1) is 11.6. The molecule has 0 saturated carbocycles. The number of fused-ring (bicyclic) bond motifs is 1. The fourth-order valence-corrected chi connectivity index (χ4v) is 3.01. The fourth-order valence-electron chi connectivity index (χ4n) is 2.07. The van der Waals surface area contributed by atoms with Gasteiger partial charge in [-0.2, -0.15) is 0 Å². The third-order valence-electron chi connectivity index (χ3n) is 3.20. The van der Waals surface area contributed by atoms with E-state index in [1.807, 2.05) is 18.2 Å². The average Bonchev–Trinajstić information content (AvgIpc) is 3.04. The Bertz CT molecular complexity index is 748. The highest BCUT2D eigenvalue weighted by Gasteiger charge is 2.21. The van der Waals surface area contributed by atoms with Crippen LogP contribution in [0.4, 0.5) is 0 Å². The van der Waals surface area contributed by atoms with Gasteiger partial charge in [0.1, 0.15) is 17.6 Å². The lowest BCUT2D eigenvalue weighted by atomic mass is 10.2. The van der Waals surface area contributed by atoms with E-state index >= 15 is 0 Å². The lowest BCUT2D eigenvalue weighted by Gasteiger charge is -2.26. The zero-order chi connectivity index (χ0) is 16.9. The second kappa shape index (κ2) is 7.55. The van der Waals surface area contributed by atoms with Crippen LogP contribution >= 0.6 is 22.9 Å². The van der Waals surface area contributed by atoms with Crippen molar-refractivity contribution in [3.05, 3.63) is 45.6 Å². The van der Waals surface area contributed by atoms with Gasteiger partial charge in [0, 0.05) is 0 Å². The van der Waals surface area contributed by atoms with Crippen LogP contribution < -0.4 is 14.8 Å². The van der Waals surface area contributed by atoms with Crippen molar-refractivity contribution in [1.29, 1.82) is 0 Å². The van der Waals surface area contributed by atoms with Crippen LogP contribution in [0, 0.1) is 0 Å². The number of thiophene rings is 1. The molecule has 0 radical (unpaired) electrons. The van der Waals surface area contributed by atoms with Gasteiger partial charge in [-0.3, -0.25) is 4.79 Å². The van der Waals surface area contributed by atoms with Crippen molar-refractivity contribution in [3.63, 3.8) is 0 Å².